The van der Waals surface area contributed by atoms with E-state index in [0.29, 0.717) is 6.04 Å². The average Bonchev–Trinajstić information content (AvgIpc) is 2.73. The van der Waals surface area contributed by atoms with E-state index in [0.717, 1.165) is 24.4 Å². The minimum absolute atomic E-state index is 0.607. The van der Waals surface area contributed by atoms with Gasteiger partial charge >= 0.3 is 0 Å². The number of unbranched alkanes of at least 4 members (excludes halogenated alkanes) is 1. The highest BCUT2D eigenvalue weighted by Gasteiger charge is 2.06. The Bertz CT molecular complexity index is 516. The first kappa shape index (κ1) is 14.1. The van der Waals surface area contributed by atoms with Crippen LogP contribution in [0.3, 0.4) is 0 Å². The number of hydrogen-bond donors (Lipinski definition) is 1. The highest BCUT2D eigenvalue weighted by atomic mass is 15.1. The Hall–Kier alpha value is -1.35. The van der Waals surface area contributed by atoms with Crippen molar-refractivity contribution in [3.05, 3.63) is 30.1 Å². The molecule has 3 nitrogen and oxygen atoms in total. The maximum Gasteiger partial charge on any atom is 0.106 e. The summed E-state index contributed by atoms with van der Waals surface area (Å²) < 4.78 is 2.30. The third-order valence-corrected chi connectivity index (χ3v) is 3.66. The maximum absolute atomic E-state index is 4.60. The fourth-order valence-corrected chi connectivity index (χ4v) is 2.51. The summed E-state index contributed by atoms with van der Waals surface area (Å²) in [5.74, 6) is 1.10. The van der Waals surface area contributed by atoms with E-state index in [9.17, 15) is 0 Å². The van der Waals surface area contributed by atoms with E-state index < -0.39 is 0 Å². The third kappa shape index (κ3) is 3.57. The van der Waals surface area contributed by atoms with Gasteiger partial charge < -0.3 is 9.88 Å². The summed E-state index contributed by atoms with van der Waals surface area (Å²) in [6.45, 7) is 8.59. The second kappa shape index (κ2) is 6.71. The van der Waals surface area contributed by atoms with Gasteiger partial charge in [-0.3, -0.25) is 0 Å². The fraction of sp³-hybridized carbons (Fsp3) is 0.562. The Labute approximate surface area is 116 Å². The molecule has 0 bridgehead atoms. The summed E-state index contributed by atoms with van der Waals surface area (Å²) >= 11 is 0. The summed E-state index contributed by atoms with van der Waals surface area (Å²) in [5.41, 5.74) is 2.34. The molecule has 19 heavy (non-hydrogen) atoms. The lowest BCUT2D eigenvalue weighted by Crippen LogP contribution is -2.29. The van der Waals surface area contributed by atoms with E-state index in [1.54, 1.807) is 0 Å². The number of aromatic nitrogens is 2. The zero-order chi connectivity index (χ0) is 13.7. The molecule has 0 spiro atoms. The summed E-state index contributed by atoms with van der Waals surface area (Å²) in [6, 6.07) is 8.96. The van der Waals surface area contributed by atoms with Gasteiger partial charge in [0.25, 0.3) is 0 Å². The molecule has 3 heteroatoms. The molecule has 1 N–H and O–H groups in total. The molecule has 0 aliphatic rings. The van der Waals surface area contributed by atoms with Crippen LogP contribution in [0.5, 0.6) is 0 Å². The van der Waals surface area contributed by atoms with E-state index in [4.69, 9.17) is 0 Å². The minimum atomic E-state index is 0.607. The molecule has 0 aliphatic heterocycles. The first-order valence-electron chi connectivity index (χ1n) is 7.37. The smallest absolute Gasteiger partial charge is 0.106 e. The number of nitrogens with one attached hydrogen (secondary N) is 1. The van der Waals surface area contributed by atoms with Crippen LogP contribution in [-0.4, -0.2) is 22.1 Å². The predicted octanol–water partition coefficient (Wildman–Crippen LogP) is 3.51. The standard InChI is InChI=1S/C16H25N3/c1-4-5-8-13(2)17-11-12-19-14(3)18-15-9-6-7-10-16(15)19/h6-7,9-10,13,17H,4-5,8,11-12H2,1-3H3. The Morgan fingerprint density at radius 1 is 1.32 bits per heavy atom. The van der Waals surface area contributed by atoms with Gasteiger partial charge in [-0.05, 0) is 32.4 Å². The van der Waals surface area contributed by atoms with Crippen LogP contribution < -0.4 is 5.32 Å². The van der Waals surface area contributed by atoms with Gasteiger partial charge in [0.15, 0.2) is 0 Å². The van der Waals surface area contributed by atoms with Gasteiger partial charge in [-0.25, -0.2) is 4.98 Å². The van der Waals surface area contributed by atoms with E-state index in [-0.39, 0.29) is 0 Å². The topological polar surface area (TPSA) is 29.9 Å². The molecular weight excluding hydrogens is 234 g/mol. The van der Waals surface area contributed by atoms with Gasteiger partial charge in [0.1, 0.15) is 5.82 Å². The van der Waals surface area contributed by atoms with E-state index in [1.165, 1.54) is 24.8 Å². The molecule has 0 saturated heterocycles. The Kier molecular flexibility index (Phi) is 4.97. The predicted molar refractivity (Wildman–Crippen MR) is 81.5 cm³/mol. The maximum atomic E-state index is 4.60. The van der Waals surface area contributed by atoms with Gasteiger partial charge in [-0.15, -0.1) is 0 Å². The van der Waals surface area contributed by atoms with Crippen molar-refractivity contribution >= 4 is 11.0 Å². The first-order valence-corrected chi connectivity index (χ1v) is 7.37. The van der Waals surface area contributed by atoms with Crippen LogP contribution in [0.25, 0.3) is 11.0 Å². The molecule has 0 radical (unpaired) electrons. The van der Waals surface area contributed by atoms with Crippen LogP contribution in [0.15, 0.2) is 24.3 Å². The number of fused-ring (bicyclic) bond motifs is 1. The van der Waals surface area contributed by atoms with Crippen molar-refractivity contribution in [2.75, 3.05) is 6.54 Å². The molecular formula is C16H25N3. The van der Waals surface area contributed by atoms with Crippen molar-refractivity contribution in [3.63, 3.8) is 0 Å². The lowest BCUT2D eigenvalue weighted by atomic mass is 10.1. The van der Waals surface area contributed by atoms with Crippen molar-refractivity contribution < 1.29 is 0 Å². The van der Waals surface area contributed by atoms with Crippen LogP contribution in [-0.2, 0) is 6.54 Å². The SMILES string of the molecule is CCCCC(C)NCCn1c(C)nc2ccccc21. The Morgan fingerprint density at radius 3 is 2.89 bits per heavy atom. The summed E-state index contributed by atoms with van der Waals surface area (Å²) in [4.78, 5) is 4.60. The Morgan fingerprint density at radius 2 is 2.11 bits per heavy atom. The quantitative estimate of drug-likeness (QED) is 0.824. The van der Waals surface area contributed by atoms with Crippen LogP contribution in [0.1, 0.15) is 38.9 Å². The van der Waals surface area contributed by atoms with Crippen LogP contribution >= 0.6 is 0 Å². The molecule has 0 saturated carbocycles. The van der Waals surface area contributed by atoms with Crippen LogP contribution in [0, 0.1) is 6.92 Å². The monoisotopic (exact) mass is 259 g/mol. The van der Waals surface area contributed by atoms with Crippen molar-refractivity contribution in [2.24, 2.45) is 0 Å². The second-order valence-electron chi connectivity index (χ2n) is 5.30. The van der Waals surface area contributed by atoms with Gasteiger partial charge in [-0.1, -0.05) is 31.9 Å². The second-order valence-corrected chi connectivity index (χ2v) is 5.30. The number of aryl methyl sites for hydroxylation is 1. The normalized spacial score (nSPS) is 13.0. The van der Waals surface area contributed by atoms with Gasteiger partial charge in [-0.2, -0.15) is 0 Å². The lowest BCUT2D eigenvalue weighted by Gasteiger charge is -2.14. The van der Waals surface area contributed by atoms with E-state index in [2.05, 4.69) is 53.8 Å². The van der Waals surface area contributed by atoms with Gasteiger partial charge in [0, 0.05) is 19.1 Å². The Balaban J connectivity index is 1.93. The molecule has 2 aromatic rings. The van der Waals surface area contributed by atoms with Crippen LogP contribution in [0.2, 0.25) is 0 Å². The number of para-hydroxylation sites is 2. The molecule has 1 atom stereocenters. The summed E-state index contributed by atoms with van der Waals surface area (Å²) in [5, 5.41) is 3.60. The lowest BCUT2D eigenvalue weighted by molar-refractivity contribution is 0.476. The average molecular weight is 259 g/mol. The molecule has 0 aliphatic carbocycles. The van der Waals surface area contributed by atoms with Crippen molar-refractivity contribution in [3.8, 4) is 0 Å². The van der Waals surface area contributed by atoms with Crippen molar-refractivity contribution in [1.29, 1.82) is 0 Å². The summed E-state index contributed by atoms with van der Waals surface area (Å²) in [6.07, 6.45) is 3.85. The molecule has 0 amide bonds. The minimum Gasteiger partial charge on any atom is -0.327 e. The first-order chi connectivity index (χ1) is 9.22. The third-order valence-electron chi connectivity index (χ3n) is 3.66. The van der Waals surface area contributed by atoms with Crippen molar-refractivity contribution in [1.82, 2.24) is 14.9 Å². The molecule has 104 valence electrons. The molecule has 2 rings (SSSR count). The van der Waals surface area contributed by atoms with Gasteiger partial charge in [0.05, 0.1) is 11.0 Å². The molecule has 1 unspecified atom stereocenters. The number of rotatable bonds is 7. The number of nitrogens with zero attached hydrogens (tertiary/aromatic N) is 2. The van der Waals surface area contributed by atoms with E-state index >= 15 is 0 Å². The number of benzene rings is 1. The highest BCUT2D eigenvalue weighted by molar-refractivity contribution is 5.75. The van der Waals surface area contributed by atoms with E-state index in [1.807, 2.05) is 6.07 Å². The zero-order valence-corrected chi connectivity index (χ0v) is 12.3. The highest BCUT2D eigenvalue weighted by Crippen LogP contribution is 2.14. The summed E-state index contributed by atoms with van der Waals surface area (Å²) in [7, 11) is 0. The van der Waals surface area contributed by atoms with Crippen molar-refractivity contribution in [2.45, 2.75) is 52.6 Å². The zero-order valence-electron chi connectivity index (χ0n) is 12.3. The number of imidazole rings is 1. The number of hydrogen-bond acceptors (Lipinski definition) is 2. The molecule has 1 aromatic heterocycles. The van der Waals surface area contributed by atoms with Crippen LogP contribution in [0.4, 0.5) is 0 Å². The largest absolute Gasteiger partial charge is 0.327 e. The van der Waals surface area contributed by atoms with Gasteiger partial charge in [0.2, 0.25) is 0 Å². The fourth-order valence-electron chi connectivity index (χ4n) is 2.51. The molecule has 0 fully saturated rings. The molecule has 1 aromatic carbocycles. The molecule has 1 heterocycles.